The lowest BCUT2D eigenvalue weighted by molar-refractivity contribution is -0.892. The molecule has 1 aromatic carbocycles. The topological polar surface area (TPSA) is 71.1 Å². The normalized spacial score (nSPS) is 19.5. The van der Waals surface area contributed by atoms with E-state index in [9.17, 15) is 14.9 Å². The maximum atomic E-state index is 12.5. The number of benzene rings is 1. The van der Waals surface area contributed by atoms with Crippen molar-refractivity contribution in [3.05, 3.63) is 34.4 Å². The molecule has 0 atom stereocenters. The third-order valence-electron chi connectivity index (χ3n) is 5.26. The van der Waals surface area contributed by atoms with Gasteiger partial charge in [-0.1, -0.05) is 12.8 Å². The van der Waals surface area contributed by atoms with E-state index in [0.29, 0.717) is 12.5 Å². The number of nitrogens with zero attached hydrogens (tertiary/aromatic N) is 3. The fourth-order valence-corrected chi connectivity index (χ4v) is 3.69. The summed E-state index contributed by atoms with van der Waals surface area (Å²) in [6, 6.07) is 6.73. The van der Waals surface area contributed by atoms with Crippen LogP contribution in [0.2, 0.25) is 0 Å². The molecule has 0 radical (unpaired) electrons. The number of nitro benzene ring substituents is 1. The molecule has 0 unspecified atom stereocenters. The first-order valence-electron chi connectivity index (χ1n) is 9.24. The second kappa shape index (κ2) is 8.29. The minimum Gasteiger partial charge on any atom is -0.360 e. The molecule has 1 amide bonds. The number of non-ortho nitro benzene ring substituents is 1. The zero-order valence-corrected chi connectivity index (χ0v) is 14.7. The van der Waals surface area contributed by atoms with Gasteiger partial charge in [-0.2, -0.15) is 0 Å². The molecule has 2 fully saturated rings. The molecule has 0 bridgehead atoms. The van der Waals surface area contributed by atoms with Crippen LogP contribution in [0.25, 0.3) is 0 Å². The number of amides is 1. The van der Waals surface area contributed by atoms with Gasteiger partial charge in [0.2, 0.25) is 0 Å². The van der Waals surface area contributed by atoms with E-state index in [1.165, 1.54) is 17.7 Å². The van der Waals surface area contributed by atoms with Crippen molar-refractivity contribution in [3.63, 3.8) is 0 Å². The standard InChI is InChI=1S/C18H26N4O3/c23-18(21-9-3-1-2-4-10-21)15-19-11-13-20(14-12-19)16-5-7-17(8-6-16)22(24)25/h5-8H,1-4,9-15H2/p+1. The van der Waals surface area contributed by atoms with Crippen molar-refractivity contribution in [1.82, 2.24) is 4.90 Å². The number of carbonyl (C=O) groups excluding carboxylic acids is 1. The Labute approximate surface area is 148 Å². The summed E-state index contributed by atoms with van der Waals surface area (Å²) >= 11 is 0. The van der Waals surface area contributed by atoms with Crippen LogP contribution >= 0.6 is 0 Å². The highest BCUT2D eigenvalue weighted by Crippen LogP contribution is 2.19. The lowest BCUT2D eigenvalue weighted by Gasteiger charge is -2.34. The van der Waals surface area contributed by atoms with Crippen LogP contribution in [-0.4, -0.2) is 61.5 Å². The van der Waals surface area contributed by atoms with Gasteiger partial charge in [-0.3, -0.25) is 14.9 Å². The van der Waals surface area contributed by atoms with Crippen LogP contribution in [0.4, 0.5) is 11.4 Å². The van der Waals surface area contributed by atoms with Crippen LogP contribution in [0.15, 0.2) is 24.3 Å². The first-order chi connectivity index (χ1) is 12.1. The van der Waals surface area contributed by atoms with E-state index in [0.717, 1.165) is 57.8 Å². The molecule has 0 saturated carbocycles. The molecule has 7 heteroatoms. The number of quaternary nitrogens is 1. The predicted octanol–water partition coefficient (Wildman–Crippen LogP) is 0.702. The van der Waals surface area contributed by atoms with Crippen LogP contribution in [0.5, 0.6) is 0 Å². The van der Waals surface area contributed by atoms with Crippen molar-refractivity contribution in [3.8, 4) is 0 Å². The fourth-order valence-electron chi connectivity index (χ4n) is 3.69. The number of carbonyl (C=O) groups is 1. The fraction of sp³-hybridized carbons (Fsp3) is 0.611. The first-order valence-corrected chi connectivity index (χ1v) is 9.24. The smallest absolute Gasteiger partial charge is 0.277 e. The molecule has 25 heavy (non-hydrogen) atoms. The van der Waals surface area contributed by atoms with Crippen LogP contribution in [0.3, 0.4) is 0 Å². The molecular formula is C18H27N4O3+. The average molecular weight is 347 g/mol. The molecule has 136 valence electrons. The number of nitro groups is 1. The molecule has 1 aromatic rings. The molecule has 2 heterocycles. The largest absolute Gasteiger partial charge is 0.360 e. The van der Waals surface area contributed by atoms with Crippen LogP contribution < -0.4 is 9.80 Å². The number of nitrogens with one attached hydrogen (secondary N) is 1. The summed E-state index contributed by atoms with van der Waals surface area (Å²) in [6.45, 7) is 6.03. The molecule has 7 nitrogen and oxygen atoms in total. The van der Waals surface area contributed by atoms with Gasteiger partial charge in [-0.25, -0.2) is 0 Å². The monoisotopic (exact) mass is 347 g/mol. The van der Waals surface area contributed by atoms with Gasteiger partial charge in [0, 0.05) is 30.9 Å². The van der Waals surface area contributed by atoms with Crippen LogP contribution in [0, 0.1) is 10.1 Å². The van der Waals surface area contributed by atoms with E-state index in [2.05, 4.69) is 4.90 Å². The molecule has 2 saturated heterocycles. The SMILES string of the molecule is O=C(C[NH+]1CCN(c2ccc([N+](=O)[O-])cc2)CC1)N1CCCCCC1. The van der Waals surface area contributed by atoms with Gasteiger partial charge in [0.15, 0.2) is 6.54 Å². The van der Waals surface area contributed by atoms with Crippen molar-refractivity contribution >= 4 is 17.3 Å². The van der Waals surface area contributed by atoms with Crippen LogP contribution in [-0.2, 0) is 4.79 Å². The van der Waals surface area contributed by atoms with Gasteiger partial charge in [-0.05, 0) is 25.0 Å². The molecule has 0 aliphatic carbocycles. The van der Waals surface area contributed by atoms with Crippen molar-refractivity contribution in [2.75, 3.05) is 50.7 Å². The highest BCUT2D eigenvalue weighted by molar-refractivity contribution is 5.77. The Kier molecular flexibility index (Phi) is 5.86. The average Bonchev–Trinajstić information content (AvgIpc) is 2.92. The van der Waals surface area contributed by atoms with E-state index in [1.807, 2.05) is 17.0 Å². The van der Waals surface area contributed by atoms with Gasteiger partial charge in [0.1, 0.15) is 0 Å². The molecular weight excluding hydrogens is 320 g/mol. The minimum atomic E-state index is -0.375. The second-order valence-corrected chi connectivity index (χ2v) is 6.98. The number of likely N-dealkylation sites (tertiary alicyclic amines) is 1. The lowest BCUT2D eigenvalue weighted by Crippen LogP contribution is -3.15. The Morgan fingerprint density at radius 2 is 1.60 bits per heavy atom. The highest BCUT2D eigenvalue weighted by atomic mass is 16.6. The van der Waals surface area contributed by atoms with Gasteiger partial charge in [0.05, 0.1) is 31.1 Å². The summed E-state index contributed by atoms with van der Waals surface area (Å²) in [7, 11) is 0. The number of hydrogen-bond donors (Lipinski definition) is 1. The Morgan fingerprint density at radius 1 is 1.00 bits per heavy atom. The zero-order chi connectivity index (χ0) is 17.6. The number of rotatable bonds is 4. The van der Waals surface area contributed by atoms with Gasteiger partial charge in [0.25, 0.3) is 11.6 Å². The van der Waals surface area contributed by atoms with Crippen LogP contribution in [0.1, 0.15) is 25.7 Å². The molecule has 0 aromatic heterocycles. The summed E-state index contributed by atoms with van der Waals surface area (Å²) in [5.74, 6) is 0.292. The minimum absolute atomic E-state index is 0.121. The Hall–Kier alpha value is -2.15. The summed E-state index contributed by atoms with van der Waals surface area (Å²) in [5.41, 5.74) is 1.14. The Morgan fingerprint density at radius 3 is 2.16 bits per heavy atom. The number of anilines is 1. The highest BCUT2D eigenvalue weighted by Gasteiger charge is 2.25. The zero-order valence-electron chi connectivity index (χ0n) is 14.7. The van der Waals surface area contributed by atoms with E-state index in [1.54, 1.807) is 12.1 Å². The van der Waals surface area contributed by atoms with Gasteiger partial charge < -0.3 is 14.7 Å². The maximum Gasteiger partial charge on any atom is 0.277 e. The first kappa shape index (κ1) is 17.7. The Balaban J connectivity index is 1.48. The lowest BCUT2D eigenvalue weighted by atomic mass is 10.2. The molecule has 2 aliphatic rings. The van der Waals surface area contributed by atoms with Crippen molar-refractivity contribution in [2.24, 2.45) is 0 Å². The molecule has 1 N–H and O–H groups in total. The van der Waals surface area contributed by atoms with E-state index >= 15 is 0 Å². The van der Waals surface area contributed by atoms with E-state index in [-0.39, 0.29) is 10.6 Å². The predicted molar refractivity (Wildman–Crippen MR) is 95.9 cm³/mol. The van der Waals surface area contributed by atoms with Gasteiger partial charge in [-0.15, -0.1) is 0 Å². The number of piperazine rings is 1. The summed E-state index contributed by atoms with van der Waals surface area (Å²) in [5, 5.41) is 10.7. The van der Waals surface area contributed by atoms with Gasteiger partial charge >= 0.3 is 0 Å². The molecule has 3 rings (SSSR count). The summed E-state index contributed by atoms with van der Waals surface area (Å²) in [4.78, 5) is 28.5. The summed E-state index contributed by atoms with van der Waals surface area (Å²) in [6.07, 6.45) is 4.75. The quantitative estimate of drug-likeness (QED) is 0.643. The van der Waals surface area contributed by atoms with Crippen molar-refractivity contribution < 1.29 is 14.6 Å². The summed E-state index contributed by atoms with van der Waals surface area (Å²) < 4.78 is 0. The third kappa shape index (κ3) is 4.69. The van der Waals surface area contributed by atoms with Crippen molar-refractivity contribution in [2.45, 2.75) is 25.7 Å². The molecule has 2 aliphatic heterocycles. The van der Waals surface area contributed by atoms with E-state index in [4.69, 9.17) is 0 Å². The number of hydrogen-bond acceptors (Lipinski definition) is 4. The Bertz CT molecular complexity index is 589. The van der Waals surface area contributed by atoms with Crippen molar-refractivity contribution in [1.29, 1.82) is 0 Å². The van der Waals surface area contributed by atoms with E-state index < -0.39 is 0 Å². The maximum absolute atomic E-state index is 12.5. The second-order valence-electron chi connectivity index (χ2n) is 6.98. The third-order valence-corrected chi connectivity index (χ3v) is 5.26. The molecule has 0 spiro atoms.